The summed E-state index contributed by atoms with van der Waals surface area (Å²) < 4.78 is 24.1. The molecule has 16 heavy (non-hydrogen) atoms. The third-order valence-electron chi connectivity index (χ3n) is 2.56. The van der Waals surface area contributed by atoms with Gasteiger partial charge in [-0.1, -0.05) is 24.3 Å². The van der Waals surface area contributed by atoms with Crippen LogP contribution >= 0.6 is 0 Å². The van der Waals surface area contributed by atoms with Crippen molar-refractivity contribution in [2.45, 2.75) is 18.5 Å². The number of allylic oxidation sites excluding steroid dienone is 2. The first kappa shape index (κ1) is 13.4. The Hall–Kier alpha value is -0.690. The Bertz CT molecular complexity index is 389. The fourth-order valence-corrected chi connectivity index (χ4v) is 1.97. The summed E-state index contributed by atoms with van der Waals surface area (Å²) in [5.74, 6) is 0. The zero-order chi connectivity index (χ0) is 12.2. The Morgan fingerprint density at radius 3 is 2.62 bits per heavy atom. The molecule has 0 bridgehead atoms. The molecular formula is C10H19N3O2S. The third kappa shape index (κ3) is 4.05. The van der Waals surface area contributed by atoms with Crippen molar-refractivity contribution >= 4 is 10.0 Å². The Morgan fingerprint density at radius 2 is 2.06 bits per heavy atom. The molecule has 1 rings (SSSR count). The molecule has 0 aromatic rings. The monoisotopic (exact) mass is 245 g/mol. The van der Waals surface area contributed by atoms with E-state index < -0.39 is 10.0 Å². The lowest BCUT2D eigenvalue weighted by atomic mass is 9.89. The van der Waals surface area contributed by atoms with Gasteiger partial charge in [0.1, 0.15) is 0 Å². The van der Waals surface area contributed by atoms with Crippen molar-refractivity contribution in [2.75, 3.05) is 19.3 Å². The molecule has 0 aliphatic heterocycles. The topological polar surface area (TPSA) is 84.2 Å². The van der Waals surface area contributed by atoms with Crippen molar-refractivity contribution in [2.24, 2.45) is 5.73 Å². The highest BCUT2D eigenvalue weighted by molar-refractivity contribution is 7.88. The highest BCUT2D eigenvalue weighted by Gasteiger charge is 2.27. The van der Waals surface area contributed by atoms with E-state index in [9.17, 15) is 8.42 Å². The summed E-state index contributed by atoms with van der Waals surface area (Å²) in [6.45, 7) is 2.88. The van der Waals surface area contributed by atoms with Crippen LogP contribution in [0.5, 0.6) is 0 Å². The van der Waals surface area contributed by atoms with E-state index in [0.717, 1.165) is 6.26 Å². The summed E-state index contributed by atoms with van der Waals surface area (Å²) in [7, 11) is -3.11. The van der Waals surface area contributed by atoms with Gasteiger partial charge in [0.25, 0.3) is 0 Å². The van der Waals surface area contributed by atoms with E-state index in [1.54, 1.807) is 0 Å². The van der Waals surface area contributed by atoms with Gasteiger partial charge < -0.3 is 11.1 Å². The average Bonchev–Trinajstić information content (AvgIpc) is 2.17. The lowest BCUT2D eigenvalue weighted by Crippen LogP contribution is -2.56. The molecule has 92 valence electrons. The quantitative estimate of drug-likeness (QED) is 0.561. The fraction of sp³-hybridized carbons (Fsp3) is 0.600. The normalized spacial score (nSPS) is 29.6. The summed E-state index contributed by atoms with van der Waals surface area (Å²) >= 11 is 0. The fourth-order valence-electron chi connectivity index (χ4n) is 1.50. The van der Waals surface area contributed by atoms with Gasteiger partial charge in [-0.25, -0.2) is 13.1 Å². The summed E-state index contributed by atoms with van der Waals surface area (Å²) in [6, 6.07) is -0.101. The predicted octanol–water partition coefficient (Wildman–Crippen LogP) is -0.663. The highest BCUT2D eigenvalue weighted by Crippen LogP contribution is 2.15. The molecule has 0 fully saturated rings. The van der Waals surface area contributed by atoms with Gasteiger partial charge >= 0.3 is 0 Å². The maximum absolute atomic E-state index is 10.8. The van der Waals surface area contributed by atoms with E-state index in [1.807, 2.05) is 31.2 Å². The van der Waals surface area contributed by atoms with Crippen molar-refractivity contribution in [1.29, 1.82) is 0 Å². The largest absolute Gasteiger partial charge is 0.323 e. The van der Waals surface area contributed by atoms with Crippen LogP contribution in [0, 0.1) is 0 Å². The number of hydrogen-bond acceptors (Lipinski definition) is 4. The number of rotatable bonds is 5. The molecule has 0 radical (unpaired) electrons. The van der Waals surface area contributed by atoms with Gasteiger partial charge in [0.15, 0.2) is 0 Å². The predicted molar refractivity (Wildman–Crippen MR) is 65.5 cm³/mol. The number of hydrogen-bond donors (Lipinski definition) is 3. The van der Waals surface area contributed by atoms with Crippen LogP contribution in [-0.4, -0.2) is 39.3 Å². The second-order valence-corrected chi connectivity index (χ2v) is 5.98. The minimum Gasteiger partial charge on any atom is -0.323 e. The Morgan fingerprint density at radius 1 is 1.38 bits per heavy atom. The molecule has 6 heteroatoms. The summed E-state index contributed by atoms with van der Waals surface area (Å²) in [5, 5.41) is 3.23. The van der Waals surface area contributed by atoms with Gasteiger partial charge in [0.05, 0.1) is 11.8 Å². The molecule has 0 saturated heterocycles. The van der Waals surface area contributed by atoms with E-state index in [4.69, 9.17) is 5.73 Å². The summed E-state index contributed by atoms with van der Waals surface area (Å²) in [6.07, 6.45) is 8.88. The molecule has 4 N–H and O–H groups in total. The molecule has 0 saturated carbocycles. The first-order valence-corrected chi connectivity index (χ1v) is 7.04. The summed E-state index contributed by atoms with van der Waals surface area (Å²) in [5.41, 5.74) is 5.63. The van der Waals surface area contributed by atoms with Gasteiger partial charge in [-0.05, 0) is 6.92 Å². The standard InChI is InChI=1S/C10H19N3O2S/c1-10(6-4-3-5-9(10)11)12-7-8-13-16(2,14)15/h3-6,9,12-13H,7-8,11H2,1-2H3. The van der Waals surface area contributed by atoms with Crippen LogP contribution in [0.2, 0.25) is 0 Å². The lowest BCUT2D eigenvalue weighted by Gasteiger charge is -2.34. The Kier molecular flexibility index (Phi) is 4.26. The van der Waals surface area contributed by atoms with Crippen LogP contribution < -0.4 is 15.8 Å². The lowest BCUT2D eigenvalue weighted by molar-refractivity contribution is 0.397. The van der Waals surface area contributed by atoms with Crippen LogP contribution in [0.1, 0.15) is 6.92 Å². The Labute approximate surface area is 96.8 Å². The van der Waals surface area contributed by atoms with E-state index in [2.05, 4.69) is 10.0 Å². The third-order valence-corrected chi connectivity index (χ3v) is 3.29. The second-order valence-electron chi connectivity index (χ2n) is 4.15. The van der Waals surface area contributed by atoms with E-state index in [-0.39, 0.29) is 11.6 Å². The molecule has 0 spiro atoms. The Balaban J connectivity index is 2.38. The van der Waals surface area contributed by atoms with Crippen LogP contribution in [0.3, 0.4) is 0 Å². The van der Waals surface area contributed by atoms with Gasteiger partial charge in [0.2, 0.25) is 10.0 Å². The van der Waals surface area contributed by atoms with Crippen LogP contribution in [0.25, 0.3) is 0 Å². The van der Waals surface area contributed by atoms with Crippen molar-refractivity contribution in [1.82, 2.24) is 10.0 Å². The average molecular weight is 245 g/mol. The minimum atomic E-state index is -3.11. The minimum absolute atomic E-state index is 0.101. The van der Waals surface area contributed by atoms with Crippen LogP contribution in [-0.2, 0) is 10.0 Å². The molecule has 0 heterocycles. The van der Waals surface area contributed by atoms with Gasteiger partial charge in [0, 0.05) is 19.1 Å². The zero-order valence-corrected chi connectivity index (χ0v) is 10.4. The molecule has 1 aliphatic rings. The molecular weight excluding hydrogens is 226 g/mol. The van der Waals surface area contributed by atoms with Crippen molar-refractivity contribution in [3.8, 4) is 0 Å². The second kappa shape index (κ2) is 5.09. The molecule has 1 aliphatic carbocycles. The molecule has 2 atom stereocenters. The van der Waals surface area contributed by atoms with Gasteiger partial charge in [-0.3, -0.25) is 0 Å². The highest BCUT2D eigenvalue weighted by atomic mass is 32.2. The molecule has 0 aromatic heterocycles. The molecule has 2 unspecified atom stereocenters. The molecule has 0 amide bonds. The maximum Gasteiger partial charge on any atom is 0.208 e. The summed E-state index contributed by atoms with van der Waals surface area (Å²) in [4.78, 5) is 0. The van der Waals surface area contributed by atoms with Gasteiger partial charge in [-0.15, -0.1) is 0 Å². The smallest absolute Gasteiger partial charge is 0.208 e. The SMILES string of the molecule is CC1(NCCNS(C)(=O)=O)C=CC=CC1N. The maximum atomic E-state index is 10.8. The van der Waals surface area contributed by atoms with Crippen LogP contribution in [0.15, 0.2) is 24.3 Å². The van der Waals surface area contributed by atoms with E-state index in [1.165, 1.54) is 0 Å². The molecule has 0 aromatic carbocycles. The van der Waals surface area contributed by atoms with Crippen molar-refractivity contribution < 1.29 is 8.42 Å². The number of nitrogens with one attached hydrogen (secondary N) is 2. The number of nitrogens with two attached hydrogens (primary N) is 1. The van der Waals surface area contributed by atoms with Crippen LogP contribution in [0.4, 0.5) is 0 Å². The number of sulfonamides is 1. The van der Waals surface area contributed by atoms with E-state index >= 15 is 0 Å². The van der Waals surface area contributed by atoms with Crippen molar-refractivity contribution in [3.63, 3.8) is 0 Å². The molecule has 5 nitrogen and oxygen atoms in total. The van der Waals surface area contributed by atoms with E-state index in [0.29, 0.717) is 13.1 Å². The first-order chi connectivity index (χ1) is 7.33. The van der Waals surface area contributed by atoms with Crippen molar-refractivity contribution in [3.05, 3.63) is 24.3 Å². The first-order valence-electron chi connectivity index (χ1n) is 5.15. The van der Waals surface area contributed by atoms with Gasteiger partial charge in [-0.2, -0.15) is 0 Å². The zero-order valence-electron chi connectivity index (χ0n) is 9.60.